The lowest BCUT2D eigenvalue weighted by Gasteiger charge is -2.15. The first-order valence-electron chi connectivity index (χ1n) is 5.18. The molecule has 0 spiro atoms. The number of benzene rings is 1. The maximum Gasteiger partial charge on any atom is 0.125 e. The summed E-state index contributed by atoms with van der Waals surface area (Å²) >= 11 is 5.93. The van der Waals surface area contributed by atoms with E-state index in [1.165, 1.54) is 0 Å². The molecule has 2 atom stereocenters. The third-order valence-electron chi connectivity index (χ3n) is 3.19. The van der Waals surface area contributed by atoms with Crippen LogP contribution in [-0.2, 0) is 5.60 Å². The van der Waals surface area contributed by atoms with E-state index in [1.807, 2.05) is 0 Å². The summed E-state index contributed by atoms with van der Waals surface area (Å²) in [5.41, 5.74) is 0.106. The molecule has 2 rings (SSSR count). The number of halogens is 1. The highest BCUT2D eigenvalue weighted by molar-refractivity contribution is 6.30. The summed E-state index contributed by atoms with van der Waals surface area (Å²) in [5, 5.41) is 11.0. The van der Waals surface area contributed by atoms with Crippen LogP contribution in [0.2, 0.25) is 5.02 Å². The minimum absolute atomic E-state index is 0.338. The highest BCUT2D eigenvalue weighted by Crippen LogP contribution is 2.56. The van der Waals surface area contributed by atoms with Crippen LogP contribution < -0.4 is 4.74 Å². The maximum absolute atomic E-state index is 10.4. The molecule has 2 unspecified atom stereocenters. The molecule has 0 saturated heterocycles. The van der Waals surface area contributed by atoms with Gasteiger partial charge < -0.3 is 9.84 Å². The van der Waals surface area contributed by atoms with Crippen LogP contribution >= 0.6 is 11.6 Å². The molecule has 3 heteroatoms. The first-order chi connectivity index (χ1) is 7.11. The van der Waals surface area contributed by atoms with E-state index in [0.29, 0.717) is 10.9 Å². The fourth-order valence-electron chi connectivity index (χ4n) is 2.15. The Morgan fingerprint density at radius 3 is 2.87 bits per heavy atom. The van der Waals surface area contributed by atoms with Crippen LogP contribution in [0.1, 0.15) is 25.3 Å². The molecule has 82 valence electrons. The van der Waals surface area contributed by atoms with Crippen molar-refractivity contribution in [3.8, 4) is 5.75 Å². The largest absolute Gasteiger partial charge is 0.496 e. The smallest absolute Gasteiger partial charge is 0.125 e. The van der Waals surface area contributed by atoms with Gasteiger partial charge in [-0.3, -0.25) is 0 Å². The van der Waals surface area contributed by atoms with Crippen molar-refractivity contribution in [1.29, 1.82) is 0 Å². The number of methoxy groups -OCH3 is 1. The van der Waals surface area contributed by atoms with E-state index < -0.39 is 5.60 Å². The lowest BCUT2D eigenvalue weighted by Crippen LogP contribution is -2.10. The van der Waals surface area contributed by atoms with Crippen molar-refractivity contribution in [1.82, 2.24) is 0 Å². The summed E-state index contributed by atoms with van der Waals surface area (Å²) in [4.78, 5) is 0. The zero-order valence-electron chi connectivity index (χ0n) is 8.96. The average Bonchev–Trinajstić information content (AvgIpc) is 2.91. The molecule has 1 saturated carbocycles. The van der Waals surface area contributed by atoms with Gasteiger partial charge in [-0.05, 0) is 30.5 Å². The lowest BCUT2D eigenvalue weighted by atomic mass is 10.0. The summed E-state index contributed by atoms with van der Waals surface area (Å²) in [6, 6.07) is 5.38. The van der Waals surface area contributed by atoms with Gasteiger partial charge in [-0.2, -0.15) is 0 Å². The third kappa shape index (κ3) is 1.72. The third-order valence-corrected chi connectivity index (χ3v) is 3.43. The average molecular weight is 227 g/mol. The van der Waals surface area contributed by atoms with Crippen molar-refractivity contribution in [3.63, 3.8) is 0 Å². The van der Waals surface area contributed by atoms with Gasteiger partial charge in [-0.1, -0.05) is 24.9 Å². The zero-order valence-corrected chi connectivity index (χ0v) is 9.71. The number of rotatable bonds is 3. The predicted octanol–water partition coefficient (Wildman–Crippen LogP) is 2.97. The minimum atomic E-state index is -0.717. The van der Waals surface area contributed by atoms with Gasteiger partial charge in [0.2, 0.25) is 0 Å². The Bertz CT molecular complexity index is 378. The Morgan fingerprint density at radius 1 is 1.60 bits per heavy atom. The fourth-order valence-corrected chi connectivity index (χ4v) is 2.32. The summed E-state index contributed by atoms with van der Waals surface area (Å²) in [6.07, 6.45) is 1.78. The van der Waals surface area contributed by atoms with Crippen LogP contribution in [0.3, 0.4) is 0 Å². The SMILES string of the molecule is CCC1CC1(O)c1cc(Cl)ccc1OC. The van der Waals surface area contributed by atoms with Crippen molar-refractivity contribution in [2.24, 2.45) is 5.92 Å². The lowest BCUT2D eigenvalue weighted by molar-refractivity contribution is 0.127. The van der Waals surface area contributed by atoms with Crippen molar-refractivity contribution >= 4 is 11.6 Å². The number of ether oxygens (including phenoxy) is 1. The molecular weight excluding hydrogens is 212 g/mol. The predicted molar refractivity (Wildman–Crippen MR) is 60.3 cm³/mol. The molecule has 1 aliphatic rings. The molecular formula is C12H15ClO2. The van der Waals surface area contributed by atoms with E-state index in [9.17, 15) is 5.11 Å². The topological polar surface area (TPSA) is 29.5 Å². The molecule has 0 aromatic heterocycles. The fraction of sp³-hybridized carbons (Fsp3) is 0.500. The number of hydrogen-bond donors (Lipinski definition) is 1. The molecule has 0 bridgehead atoms. The van der Waals surface area contributed by atoms with E-state index in [1.54, 1.807) is 25.3 Å². The van der Waals surface area contributed by atoms with Crippen LogP contribution in [-0.4, -0.2) is 12.2 Å². The second-order valence-electron chi connectivity index (χ2n) is 4.08. The monoisotopic (exact) mass is 226 g/mol. The Kier molecular flexibility index (Phi) is 2.65. The van der Waals surface area contributed by atoms with Gasteiger partial charge >= 0.3 is 0 Å². The van der Waals surface area contributed by atoms with Crippen molar-refractivity contribution in [3.05, 3.63) is 28.8 Å². The second-order valence-corrected chi connectivity index (χ2v) is 4.51. The zero-order chi connectivity index (χ0) is 11.1. The Balaban J connectivity index is 2.39. The highest BCUT2D eigenvalue weighted by Gasteiger charge is 2.54. The van der Waals surface area contributed by atoms with Crippen molar-refractivity contribution in [2.75, 3.05) is 7.11 Å². The summed E-state index contributed by atoms with van der Waals surface area (Å²) in [6.45, 7) is 2.08. The maximum atomic E-state index is 10.4. The first kappa shape index (κ1) is 10.8. The van der Waals surface area contributed by atoms with Crippen LogP contribution in [0.15, 0.2) is 18.2 Å². The Morgan fingerprint density at radius 2 is 2.33 bits per heavy atom. The Hall–Kier alpha value is -0.730. The van der Waals surface area contributed by atoms with Gasteiger partial charge in [0, 0.05) is 10.6 Å². The molecule has 15 heavy (non-hydrogen) atoms. The van der Waals surface area contributed by atoms with E-state index in [4.69, 9.17) is 16.3 Å². The summed E-state index contributed by atoms with van der Waals surface area (Å²) in [5.74, 6) is 1.06. The number of aliphatic hydroxyl groups is 1. The molecule has 2 nitrogen and oxygen atoms in total. The van der Waals surface area contributed by atoms with Crippen LogP contribution in [0.4, 0.5) is 0 Å². The van der Waals surface area contributed by atoms with Gasteiger partial charge in [0.1, 0.15) is 5.75 Å². The highest BCUT2D eigenvalue weighted by atomic mass is 35.5. The van der Waals surface area contributed by atoms with Gasteiger partial charge in [-0.25, -0.2) is 0 Å². The molecule has 1 aliphatic carbocycles. The summed E-state index contributed by atoms with van der Waals surface area (Å²) < 4.78 is 5.24. The molecule has 0 heterocycles. The van der Waals surface area contributed by atoms with E-state index in [0.717, 1.165) is 24.2 Å². The molecule has 1 fully saturated rings. The number of hydrogen-bond acceptors (Lipinski definition) is 2. The quantitative estimate of drug-likeness (QED) is 0.859. The molecule has 0 aliphatic heterocycles. The van der Waals surface area contributed by atoms with Crippen molar-refractivity contribution < 1.29 is 9.84 Å². The van der Waals surface area contributed by atoms with Crippen molar-refractivity contribution in [2.45, 2.75) is 25.4 Å². The van der Waals surface area contributed by atoms with Crippen LogP contribution in [0, 0.1) is 5.92 Å². The molecule has 1 aromatic rings. The first-order valence-corrected chi connectivity index (χ1v) is 5.56. The summed E-state index contributed by atoms with van der Waals surface area (Å²) in [7, 11) is 1.61. The molecule has 0 amide bonds. The second kappa shape index (κ2) is 3.69. The van der Waals surface area contributed by atoms with Crippen LogP contribution in [0.25, 0.3) is 0 Å². The Labute approximate surface area is 94.8 Å². The van der Waals surface area contributed by atoms with Gasteiger partial charge in [0.25, 0.3) is 0 Å². The molecule has 1 aromatic carbocycles. The van der Waals surface area contributed by atoms with Gasteiger partial charge in [-0.15, -0.1) is 0 Å². The standard InChI is InChI=1S/C12H15ClO2/c1-3-8-7-12(8,14)10-6-9(13)4-5-11(10)15-2/h4-6,8,14H,3,7H2,1-2H3. The van der Waals surface area contributed by atoms with E-state index in [-0.39, 0.29) is 0 Å². The van der Waals surface area contributed by atoms with E-state index in [2.05, 4.69) is 6.92 Å². The van der Waals surface area contributed by atoms with Crippen LogP contribution in [0.5, 0.6) is 5.75 Å². The minimum Gasteiger partial charge on any atom is -0.496 e. The molecule has 0 radical (unpaired) electrons. The van der Waals surface area contributed by atoms with E-state index >= 15 is 0 Å². The normalized spacial score (nSPS) is 28.9. The molecule has 1 N–H and O–H groups in total. The van der Waals surface area contributed by atoms with Gasteiger partial charge in [0.15, 0.2) is 0 Å². The van der Waals surface area contributed by atoms with Gasteiger partial charge in [0.05, 0.1) is 12.7 Å².